The molecule has 82 valence electrons. The third-order valence-corrected chi connectivity index (χ3v) is 2.91. The van der Waals surface area contributed by atoms with E-state index in [0.717, 1.165) is 31.7 Å². The molecule has 1 N–H and O–H groups in total. The second-order valence-corrected chi connectivity index (χ2v) is 4.10. The summed E-state index contributed by atoms with van der Waals surface area (Å²) in [7, 11) is 4.18. The molecule has 1 aromatic rings. The molecule has 1 atom stereocenters. The van der Waals surface area contributed by atoms with Crippen LogP contribution in [-0.2, 0) is 0 Å². The molecular weight excluding hydrogens is 192 g/mol. The van der Waals surface area contributed by atoms with E-state index in [1.54, 1.807) is 6.20 Å². The number of nitrogens with one attached hydrogen (secondary N) is 1. The molecule has 1 aliphatic heterocycles. The fraction of sp³-hybridized carbons (Fsp3) is 0.600. The normalized spacial score (nSPS) is 24.3. The van der Waals surface area contributed by atoms with E-state index in [2.05, 4.69) is 33.9 Å². The van der Waals surface area contributed by atoms with Crippen LogP contribution in [0.5, 0.6) is 0 Å². The zero-order chi connectivity index (χ0) is 10.8. The molecule has 0 aliphatic carbocycles. The molecule has 0 amide bonds. The lowest BCUT2D eigenvalue weighted by Gasteiger charge is -2.36. The molecule has 5 heteroatoms. The van der Waals surface area contributed by atoms with Crippen LogP contribution in [0.1, 0.15) is 22.4 Å². The number of carbonyl (C=O) groups is 1. The standard InChI is InChI=1S/C10H16N4O/c1-13-3-4-14(2)9(6-13)10-11-5-8(7-15)12-10/h5,7,9H,3-4,6H2,1-2H3,(H,11,12). The van der Waals surface area contributed by atoms with Crippen molar-refractivity contribution in [1.29, 1.82) is 0 Å². The number of hydrogen-bond donors (Lipinski definition) is 1. The summed E-state index contributed by atoms with van der Waals surface area (Å²) in [5.74, 6) is 0.881. The molecule has 1 fully saturated rings. The van der Waals surface area contributed by atoms with E-state index in [1.807, 2.05) is 0 Å². The number of carbonyl (C=O) groups excluding carboxylic acids is 1. The predicted molar refractivity (Wildman–Crippen MR) is 56.8 cm³/mol. The Morgan fingerprint density at radius 3 is 3.00 bits per heavy atom. The summed E-state index contributed by atoms with van der Waals surface area (Å²) in [6, 6.07) is 0.262. The summed E-state index contributed by atoms with van der Waals surface area (Å²) in [6.45, 7) is 3.05. The van der Waals surface area contributed by atoms with Crippen LogP contribution in [0.15, 0.2) is 6.20 Å². The number of piperazine rings is 1. The maximum atomic E-state index is 10.6. The SMILES string of the molecule is CN1CCN(C)C(c2ncc(C=O)[nH]2)C1. The highest BCUT2D eigenvalue weighted by Gasteiger charge is 2.25. The van der Waals surface area contributed by atoms with Gasteiger partial charge in [0.2, 0.25) is 0 Å². The minimum Gasteiger partial charge on any atom is -0.338 e. The summed E-state index contributed by atoms with van der Waals surface area (Å²) in [4.78, 5) is 22.4. The van der Waals surface area contributed by atoms with Crippen molar-refractivity contribution in [3.05, 3.63) is 17.7 Å². The van der Waals surface area contributed by atoms with Crippen LogP contribution >= 0.6 is 0 Å². The highest BCUT2D eigenvalue weighted by Crippen LogP contribution is 2.20. The second kappa shape index (κ2) is 4.12. The molecule has 5 nitrogen and oxygen atoms in total. The van der Waals surface area contributed by atoms with Crippen molar-refractivity contribution in [3.63, 3.8) is 0 Å². The minimum absolute atomic E-state index is 0.262. The number of H-pyrrole nitrogens is 1. The summed E-state index contributed by atoms with van der Waals surface area (Å²) in [5, 5.41) is 0. The molecule has 0 bridgehead atoms. The molecular formula is C10H16N4O. The monoisotopic (exact) mass is 208 g/mol. The lowest BCUT2D eigenvalue weighted by Crippen LogP contribution is -2.45. The van der Waals surface area contributed by atoms with Crippen LogP contribution in [0.25, 0.3) is 0 Å². The van der Waals surface area contributed by atoms with Gasteiger partial charge >= 0.3 is 0 Å². The summed E-state index contributed by atoms with van der Waals surface area (Å²) >= 11 is 0. The predicted octanol–water partition coefficient (Wildman–Crippen LogP) is 0.140. The first kappa shape index (κ1) is 10.3. The number of likely N-dealkylation sites (N-methyl/N-ethyl adjacent to an activating group) is 2. The Labute approximate surface area is 89.1 Å². The van der Waals surface area contributed by atoms with Gasteiger partial charge in [-0.2, -0.15) is 0 Å². The Hall–Kier alpha value is -1.20. The first-order valence-electron chi connectivity index (χ1n) is 5.09. The van der Waals surface area contributed by atoms with E-state index >= 15 is 0 Å². The Morgan fingerprint density at radius 1 is 1.53 bits per heavy atom. The van der Waals surface area contributed by atoms with E-state index in [0.29, 0.717) is 5.69 Å². The van der Waals surface area contributed by atoms with Gasteiger partial charge in [0.25, 0.3) is 0 Å². The molecule has 1 saturated heterocycles. The Kier molecular flexibility index (Phi) is 2.83. The average molecular weight is 208 g/mol. The fourth-order valence-electron chi connectivity index (χ4n) is 1.89. The molecule has 0 aromatic carbocycles. The van der Waals surface area contributed by atoms with Crippen molar-refractivity contribution in [1.82, 2.24) is 19.8 Å². The van der Waals surface area contributed by atoms with Crippen molar-refractivity contribution in [2.24, 2.45) is 0 Å². The highest BCUT2D eigenvalue weighted by molar-refractivity contribution is 5.71. The van der Waals surface area contributed by atoms with Gasteiger partial charge in [-0.3, -0.25) is 9.69 Å². The number of imidazole rings is 1. The molecule has 0 radical (unpaired) electrons. The van der Waals surface area contributed by atoms with Crippen molar-refractivity contribution in [3.8, 4) is 0 Å². The van der Waals surface area contributed by atoms with Crippen molar-refractivity contribution < 1.29 is 4.79 Å². The smallest absolute Gasteiger partial charge is 0.167 e. The first-order valence-corrected chi connectivity index (χ1v) is 5.09. The van der Waals surface area contributed by atoms with Crippen molar-refractivity contribution in [2.75, 3.05) is 33.7 Å². The third-order valence-electron chi connectivity index (χ3n) is 2.91. The van der Waals surface area contributed by atoms with Gasteiger partial charge in [0.1, 0.15) is 5.82 Å². The van der Waals surface area contributed by atoms with Gasteiger partial charge in [-0.05, 0) is 14.1 Å². The third kappa shape index (κ3) is 2.08. The van der Waals surface area contributed by atoms with Crippen LogP contribution in [0, 0.1) is 0 Å². The summed E-state index contributed by atoms with van der Waals surface area (Å²) < 4.78 is 0. The largest absolute Gasteiger partial charge is 0.338 e. The van der Waals surface area contributed by atoms with Gasteiger partial charge in [-0.25, -0.2) is 4.98 Å². The van der Waals surface area contributed by atoms with Gasteiger partial charge in [-0.1, -0.05) is 0 Å². The Morgan fingerprint density at radius 2 is 2.33 bits per heavy atom. The highest BCUT2D eigenvalue weighted by atomic mass is 16.1. The quantitative estimate of drug-likeness (QED) is 0.702. The average Bonchev–Trinajstić information content (AvgIpc) is 2.70. The van der Waals surface area contributed by atoms with Gasteiger partial charge < -0.3 is 9.88 Å². The number of hydrogen-bond acceptors (Lipinski definition) is 4. The van der Waals surface area contributed by atoms with E-state index in [4.69, 9.17) is 0 Å². The lowest BCUT2D eigenvalue weighted by atomic mass is 10.2. The minimum atomic E-state index is 0.262. The van der Waals surface area contributed by atoms with Crippen molar-refractivity contribution >= 4 is 6.29 Å². The van der Waals surface area contributed by atoms with Crippen LogP contribution < -0.4 is 0 Å². The van der Waals surface area contributed by atoms with Gasteiger partial charge in [-0.15, -0.1) is 0 Å². The van der Waals surface area contributed by atoms with Crippen molar-refractivity contribution in [2.45, 2.75) is 6.04 Å². The molecule has 0 saturated carbocycles. The van der Waals surface area contributed by atoms with Crippen LogP contribution in [0.2, 0.25) is 0 Å². The van der Waals surface area contributed by atoms with Gasteiger partial charge in [0.05, 0.1) is 17.9 Å². The van der Waals surface area contributed by atoms with Crippen LogP contribution in [0.4, 0.5) is 0 Å². The fourth-order valence-corrected chi connectivity index (χ4v) is 1.89. The van der Waals surface area contributed by atoms with E-state index in [-0.39, 0.29) is 6.04 Å². The maximum absolute atomic E-state index is 10.6. The molecule has 15 heavy (non-hydrogen) atoms. The maximum Gasteiger partial charge on any atom is 0.167 e. The molecule has 1 aromatic heterocycles. The Balaban J connectivity index is 2.17. The van der Waals surface area contributed by atoms with Gasteiger partial charge in [0.15, 0.2) is 6.29 Å². The van der Waals surface area contributed by atoms with E-state index < -0.39 is 0 Å². The number of rotatable bonds is 2. The summed E-state index contributed by atoms with van der Waals surface area (Å²) in [6.07, 6.45) is 2.38. The number of aldehydes is 1. The second-order valence-electron chi connectivity index (χ2n) is 4.10. The van der Waals surface area contributed by atoms with Gasteiger partial charge in [0, 0.05) is 19.6 Å². The molecule has 2 rings (SSSR count). The summed E-state index contributed by atoms with van der Waals surface area (Å²) in [5.41, 5.74) is 0.548. The topological polar surface area (TPSA) is 52.2 Å². The molecule has 2 heterocycles. The molecule has 1 aliphatic rings. The van der Waals surface area contributed by atoms with Crippen LogP contribution in [0.3, 0.4) is 0 Å². The van der Waals surface area contributed by atoms with Crippen LogP contribution in [-0.4, -0.2) is 59.8 Å². The molecule has 0 spiro atoms. The van der Waals surface area contributed by atoms with E-state index in [1.165, 1.54) is 0 Å². The zero-order valence-corrected chi connectivity index (χ0v) is 9.10. The number of aromatic nitrogens is 2. The lowest BCUT2D eigenvalue weighted by molar-refractivity contribution is 0.109. The zero-order valence-electron chi connectivity index (χ0n) is 9.10. The van der Waals surface area contributed by atoms with E-state index in [9.17, 15) is 4.79 Å². The molecule has 1 unspecified atom stereocenters. The Bertz CT molecular complexity index is 349. The first-order chi connectivity index (χ1) is 7.20. The number of aromatic amines is 1. The number of nitrogens with zero attached hydrogens (tertiary/aromatic N) is 3.